The number of nitrogens with one attached hydrogen (secondary N) is 2. The highest BCUT2D eigenvalue weighted by Crippen LogP contribution is 2.23. The molecule has 6 heteroatoms. The number of carbonyl (C=O) groups excluding carboxylic acids is 1. The lowest BCUT2D eigenvalue weighted by Gasteiger charge is -2.32. The van der Waals surface area contributed by atoms with Gasteiger partial charge >= 0.3 is 5.97 Å². The fourth-order valence-electron chi connectivity index (χ4n) is 3.14. The highest BCUT2D eigenvalue weighted by atomic mass is 16.5. The Balaban J connectivity index is 1.60. The van der Waals surface area contributed by atoms with Crippen molar-refractivity contribution in [2.24, 2.45) is 0 Å². The zero-order valence-electron chi connectivity index (χ0n) is 13.9. The first kappa shape index (κ1) is 17.2. The first-order valence-electron chi connectivity index (χ1n) is 8.51. The van der Waals surface area contributed by atoms with Crippen LogP contribution in [0.5, 0.6) is 0 Å². The summed E-state index contributed by atoms with van der Waals surface area (Å²) in [5.41, 5.74) is 1.44. The molecule has 2 atom stereocenters. The van der Waals surface area contributed by atoms with Crippen molar-refractivity contribution >= 4 is 11.9 Å². The second-order valence-electron chi connectivity index (χ2n) is 6.31. The maximum atomic E-state index is 12.4. The Morgan fingerprint density at radius 1 is 1.20 bits per heavy atom. The molecule has 132 valence electrons. The Labute approximate surface area is 146 Å². The lowest BCUT2D eigenvalue weighted by molar-refractivity contribution is -0.00461. The molecule has 0 aliphatic heterocycles. The van der Waals surface area contributed by atoms with E-state index >= 15 is 0 Å². The Hall–Kier alpha value is -2.60. The van der Waals surface area contributed by atoms with E-state index in [2.05, 4.69) is 10.3 Å². The first-order chi connectivity index (χ1) is 12.1. The summed E-state index contributed by atoms with van der Waals surface area (Å²) in [6, 6.07) is 11.2. The number of carboxylic acid groups (broad SMARTS) is 1. The molecule has 0 unspecified atom stereocenters. The topological polar surface area (TPSA) is 91.4 Å². The van der Waals surface area contributed by atoms with Gasteiger partial charge in [0.15, 0.2) is 0 Å². The monoisotopic (exact) mass is 342 g/mol. The average molecular weight is 342 g/mol. The molecule has 6 nitrogen and oxygen atoms in total. The van der Waals surface area contributed by atoms with E-state index in [1.54, 1.807) is 0 Å². The minimum Gasteiger partial charge on any atom is -0.477 e. The maximum Gasteiger partial charge on any atom is 0.352 e. The van der Waals surface area contributed by atoms with Crippen LogP contribution in [0.3, 0.4) is 0 Å². The van der Waals surface area contributed by atoms with Gasteiger partial charge in [0.25, 0.3) is 5.91 Å². The molecule has 1 saturated carbocycles. The molecule has 0 bridgehead atoms. The second kappa shape index (κ2) is 7.98. The van der Waals surface area contributed by atoms with Gasteiger partial charge in [-0.15, -0.1) is 0 Å². The number of ether oxygens (including phenoxy) is 1. The molecule has 1 amide bonds. The molecule has 3 rings (SSSR count). The van der Waals surface area contributed by atoms with E-state index in [0.717, 1.165) is 31.2 Å². The molecule has 25 heavy (non-hydrogen) atoms. The zero-order chi connectivity index (χ0) is 17.6. The molecule has 3 N–H and O–H groups in total. The average Bonchev–Trinajstić information content (AvgIpc) is 3.12. The standard InChI is InChI=1S/C19H22N2O4/c22-18(14-10-16(19(23)24)20-11-14)21-15-8-4-5-9-17(15)25-12-13-6-2-1-3-7-13/h1-3,6-7,10-11,15,17,20H,4-5,8-9,12H2,(H,21,22)(H,23,24)/t15-,17-/m1/s1. The SMILES string of the molecule is O=C(N[C@@H]1CCCC[C@H]1OCc1ccccc1)c1c[nH]c(C(=O)O)c1. The molecule has 0 saturated heterocycles. The van der Waals surface area contributed by atoms with Gasteiger partial charge in [0, 0.05) is 6.20 Å². The number of H-pyrrole nitrogens is 1. The van der Waals surface area contributed by atoms with Crippen LogP contribution in [0, 0.1) is 0 Å². The number of benzene rings is 1. The van der Waals surface area contributed by atoms with Crippen LogP contribution in [0.4, 0.5) is 0 Å². The van der Waals surface area contributed by atoms with Gasteiger partial charge in [0.05, 0.1) is 24.3 Å². The van der Waals surface area contributed by atoms with Crippen molar-refractivity contribution in [1.82, 2.24) is 10.3 Å². The molecule has 0 spiro atoms. The third-order valence-corrected chi connectivity index (χ3v) is 4.50. The van der Waals surface area contributed by atoms with Crippen LogP contribution in [0.1, 0.15) is 52.1 Å². The quantitative estimate of drug-likeness (QED) is 0.752. The number of hydrogen-bond acceptors (Lipinski definition) is 3. The van der Waals surface area contributed by atoms with Gasteiger partial charge in [-0.3, -0.25) is 4.79 Å². The molecular weight excluding hydrogens is 320 g/mol. The van der Waals surface area contributed by atoms with E-state index in [9.17, 15) is 9.59 Å². The predicted molar refractivity (Wildman–Crippen MR) is 92.5 cm³/mol. The number of aromatic carboxylic acids is 1. The van der Waals surface area contributed by atoms with Gasteiger partial charge in [0.2, 0.25) is 0 Å². The summed E-state index contributed by atoms with van der Waals surface area (Å²) >= 11 is 0. The first-order valence-corrected chi connectivity index (χ1v) is 8.51. The highest BCUT2D eigenvalue weighted by molar-refractivity contribution is 5.97. The molecule has 1 aromatic carbocycles. The van der Waals surface area contributed by atoms with Crippen molar-refractivity contribution in [1.29, 1.82) is 0 Å². The molecule has 1 fully saturated rings. The van der Waals surface area contributed by atoms with Gasteiger partial charge in [-0.1, -0.05) is 43.2 Å². The number of aromatic amines is 1. The normalized spacial score (nSPS) is 20.2. The molecule has 1 aromatic heterocycles. The molecule has 1 aliphatic carbocycles. The van der Waals surface area contributed by atoms with E-state index in [1.807, 2.05) is 30.3 Å². The smallest absolute Gasteiger partial charge is 0.352 e. The van der Waals surface area contributed by atoms with Crippen molar-refractivity contribution in [3.63, 3.8) is 0 Å². The van der Waals surface area contributed by atoms with Gasteiger partial charge in [-0.25, -0.2) is 4.79 Å². The van der Waals surface area contributed by atoms with Crippen LogP contribution in [0.2, 0.25) is 0 Å². The third kappa shape index (κ3) is 4.48. The fourth-order valence-corrected chi connectivity index (χ4v) is 3.14. The van der Waals surface area contributed by atoms with Gasteiger partial charge in [-0.2, -0.15) is 0 Å². The Kier molecular flexibility index (Phi) is 5.50. The molecule has 1 aliphatic rings. The van der Waals surface area contributed by atoms with Crippen molar-refractivity contribution in [2.75, 3.05) is 0 Å². The largest absolute Gasteiger partial charge is 0.477 e. The predicted octanol–water partition coefficient (Wildman–Crippen LogP) is 2.97. The van der Waals surface area contributed by atoms with Gasteiger partial charge < -0.3 is 20.1 Å². The molecule has 1 heterocycles. The summed E-state index contributed by atoms with van der Waals surface area (Å²) in [4.78, 5) is 25.9. The van der Waals surface area contributed by atoms with Crippen LogP contribution >= 0.6 is 0 Å². The number of carboxylic acids is 1. The van der Waals surface area contributed by atoms with Gasteiger partial charge in [0.1, 0.15) is 5.69 Å². The van der Waals surface area contributed by atoms with Crippen molar-refractivity contribution in [3.8, 4) is 0 Å². The van der Waals surface area contributed by atoms with Crippen molar-refractivity contribution < 1.29 is 19.4 Å². The number of aromatic nitrogens is 1. The Morgan fingerprint density at radius 2 is 1.96 bits per heavy atom. The van der Waals surface area contributed by atoms with Crippen LogP contribution in [0.15, 0.2) is 42.6 Å². The van der Waals surface area contributed by atoms with E-state index in [-0.39, 0.29) is 23.7 Å². The van der Waals surface area contributed by atoms with E-state index in [1.165, 1.54) is 12.3 Å². The maximum absolute atomic E-state index is 12.4. The van der Waals surface area contributed by atoms with Crippen LogP contribution in [-0.2, 0) is 11.3 Å². The number of carbonyl (C=O) groups is 2. The summed E-state index contributed by atoms with van der Waals surface area (Å²) in [6.45, 7) is 0.519. The Morgan fingerprint density at radius 3 is 2.68 bits per heavy atom. The highest BCUT2D eigenvalue weighted by Gasteiger charge is 2.28. The van der Waals surface area contributed by atoms with E-state index < -0.39 is 5.97 Å². The van der Waals surface area contributed by atoms with Crippen molar-refractivity contribution in [3.05, 3.63) is 59.4 Å². The Bertz CT molecular complexity index is 726. The molecule has 2 aromatic rings. The van der Waals surface area contributed by atoms with Gasteiger partial charge in [-0.05, 0) is 24.5 Å². The number of hydrogen-bond donors (Lipinski definition) is 3. The minimum atomic E-state index is -1.08. The summed E-state index contributed by atoms with van der Waals surface area (Å²) in [5, 5.41) is 11.9. The van der Waals surface area contributed by atoms with Crippen LogP contribution < -0.4 is 5.32 Å². The summed E-state index contributed by atoms with van der Waals surface area (Å²) in [5.74, 6) is -1.36. The van der Waals surface area contributed by atoms with Crippen LogP contribution in [-0.4, -0.2) is 34.1 Å². The summed E-state index contributed by atoms with van der Waals surface area (Å²) in [7, 11) is 0. The summed E-state index contributed by atoms with van der Waals surface area (Å²) in [6.07, 6.45) is 5.28. The summed E-state index contributed by atoms with van der Waals surface area (Å²) < 4.78 is 6.05. The zero-order valence-corrected chi connectivity index (χ0v) is 13.9. The van der Waals surface area contributed by atoms with E-state index in [0.29, 0.717) is 12.2 Å². The second-order valence-corrected chi connectivity index (χ2v) is 6.31. The van der Waals surface area contributed by atoms with Crippen molar-refractivity contribution in [2.45, 2.75) is 44.4 Å². The molecular formula is C19H22N2O4. The lowest BCUT2D eigenvalue weighted by atomic mass is 9.92. The fraction of sp³-hybridized carbons (Fsp3) is 0.368. The number of amides is 1. The van der Waals surface area contributed by atoms with Crippen LogP contribution in [0.25, 0.3) is 0 Å². The number of rotatable bonds is 6. The minimum absolute atomic E-state index is 0.00525. The third-order valence-electron chi connectivity index (χ3n) is 4.50. The van der Waals surface area contributed by atoms with E-state index in [4.69, 9.17) is 9.84 Å². The molecule has 0 radical (unpaired) electrons. The lowest BCUT2D eigenvalue weighted by Crippen LogP contribution is -2.46.